The summed E-state index contributed by atoms with van der Waals surface area (Å²) in [5.74, 6) is 1.74. The number of methoxy groups -OCH3 is 1. The second-order valence-corrected chi connectivity index (χ2v) is 9.80. The highest BCUT2D eigenvalue weighted by atomic mass is 127. The highest BCUT2D eigenvalue weighted by Crippen LogP contribution is 2.45. The van der Waals surface area contributed by atoms with Crippen LogP contribution in [0.3, 0.4) is 0 Å². The summed E-state index contributed by atoms with van der Waals surface area (Å²) in [6.45, 7) is 4.49. The monoisotopic (exact) mass is 539 g/mol. The SMILES string of the molecule is CN=C(NCc1ccc(C)cc1OCCCOC)NCC1(CS(C)(=O)=O)CC1.I. The third kappa shape index (κ3) is 9.52. The van der Waals surface area contributed by atoms with Crippen molar-refractivity contribution in [3.63, 3.8) is 0 Å². The maximum Gasteiger partial charge on any atom is 0.191 e. The van der Waals surface area contributed by atoms with Crippen LogP contribution in [0.25, 0.3) is 0 Å². The number of sulfone groups is 1. The molecule has 2 rings (SSSR count). The average molecular weight is 539 g/mol. The Morgan fingerprint density at radius 2 is 1.97 bits per heavy atom. The molecule has 1 aliphatic carbocycles. The van der Waals surface area contributed by atoms with Crippen molar-refractivity contribution in [2.75, 3.05) is 45.9 Å². The maximum atomic E-state index is 11.6. The minimum Gasteiger partial charge on any atom is -0.493 e. The van der Waals surface area contributed by atoms with Crippen LogP contribution in [-0.2, 0) is 21.1 Å². The maximum absolute atomic E-state index is 11.6. The summed E-state index contributed by atoms with van der Waals surface area (Å²) in [5, 5.41) is 6.57. The van der Waals surface area contributed by atoms with Crippen molar-refractivity contribution in [1.29, 1.82) is 0 Å². The molecule has 9 heteroatoms. The van der Waals surface area contributed by atoms with Gasteiger partial charge in [0.25, 0.3) is 0 Å². The first kappa shape index (κ1) is 26.0. The molecule has 1 aromatic carbocycles. The molecule has 1 fully saturated rings. The van der Waals surface area contributed by atoms with Gasteiger partial charge in [0.2, 0.25) is 0 Å². The van der Waals surface area contributed by atoms with Gasteiger partial charge < -0.3 is 20.1 Å². The fourth-order valence-corrected chi connectivity index (χ4v) is 4.61. The molecule has 29 heavy (non-hydrogen) atoms. The number of rotatable bonds is 11. The third-order valence-electron chi connectivity index (χ3n) is 4.80. The Balaban J connectivity index is 0.00000420. The van der Waals surface area contributed by atoms with Crippen molar-refractivity contribution in [2.45, 2.75) is 32.7 Å². The summed E-state index contributed by atoms with van der Waals surface area (Å²) < 4.78 is 34.2. The van der Waals surface area contributed by atoms with Gasteiger partial charge in [-0.15, -0.1) is 24.0 Å². The van der Waals surface area contributed by atoms with Gasteiger partial charge in [0, 0.05) is 57.5 Å². The van der Waals surface area contributed by atoms with Gasteiger partial charge in [-0.2, -0.15) is 0 Å². The van der Waals surface area contributed by atoms with Crippen molar-refractivity contribution < 1.29 is 17.9 Å². The van der Waals surface area contributed by atoms with Crippen LogP contribution in [0, 0.1) is 12.3 Å². The highest BCUT2D eigenvalue weighted by Gasteiger charge is 2.45. The van der Waals surface area contributed by atoms with Crippen molar-refractivity contribution in [2.24, 2.45) is 10.4 Å². The van der Waals surface area contributed by atoms with E-state index in [4.69, 9.17) is 9.47 Å². The van der Waals surface area contributed by atoms with E-state index in [0.717, 1.165) is 36.1 Å². The molecule has 7 nitrogen and oxygen atoms in total. The molecule has 0 radical (unpaired) electrons. The van der Waals surface area contributed by atoms with Crippen molar-refractivity contribution in [1.82, 2.24) is 10.6 Å². The zero-order chi connectivity index (χ0) is 20.6. The van der Waals surface area contributed by atoms with E-state index >= 15 is 0 Å². The summed E-state index contributed by atoms with van der Waals surface area (Å²) in [5.41, 5.74) is 2.04. The average Bonchev–Trinajstić information content (AvgIpc) is 3.38. The van der Waals surface area contributed by atoms with Crippen molar-refractivity contribution in [3.8, 4) is 5.75 Å². The minimum atomic E-state index is -2.98. The second kappa shape index (κ2) is 11.9. The smallest absolute Gasteiger partial charge is 0.191 e. The van der Waals surface area contributed by atoms with E-state index in [9.17, 15) is 8.42 Å². The van der Waals surface area contributed by atoms with Gasteiger partial charge in [0.1, 0.15) is 15.6 Å². The van der Waals surface area contributed by atoms with E-state index < -0.39 is 9.84 Å². The fraction of sp³-hybridized carbons (Fsp3) is 0.650. The molecule has 0 heterocycles. The molecule has 0 atom stereocenters. The Morgan fingerprint density at radius 3 is 2.55 bits per heavy atom. The van der Waals surface area contributed by atoms with Crippen LogP contribution in [0.5, 0.6) is 5.75 Å². The number of aliphatic imine (C=N–C) groups is 1. The van der Waals surface area contributed by atoms with Crippen LogP contribution in [0.2, 0.25) is 0 Å². The number of ether oxygens (including phenoxy) is 2. The molecule has 0 bridgehead atoms. The molecule has 1 aliphatic rings. The van der Waals surface area contributed by atoms with E-state index in [-0.39, 0.29) is 35.1 Å². The van der Waals surface area contributed by atoms with Gasteiger partial charge in [0.05, 0.1) is 12.4 Å². The van der Waals surface area contributed by atoms with E-state index in [1.165, 1.54) is 6.26 Å². The molecule has 1 aromatic rings. The van der Waals surface area contributed by atoms with Gasteiger partial charge in [-0.3, -0.25) is 4.99 Å². The number of benzene rings is 1. The van der Waals surface area contributed by atoms with E-state index in [1.54, 1.807) is 14.2 Å². The first-order chi connectivity index (χ1) is 13.3. The van der Waals surface area contributed by atoms with Gasteiger partial charge in [-0.25, -0.2) is 8.42 Å². The van der Waals surface area contributed by atoms with Crippen LogP contribution in [0.4, 0.5) is 0 Å². The normalized spacial score (nSPS) is 15.4. The standard InChI is InChI=1S/C20H33N3O4S.HI/c1-16-6-7-17(18(12-16)27-11-5-10-26-3)13-22-19(21-2)23-14-20(8-9-20)15-28(4,24)25;/h6-7,12H,5,8-11,13-15H2,1-4H3,(H2,21,22,23);1H. The zero-order valence-electron chi connectivity index (χ0n) is 17.8. The predicted octanol–water partition coefficient (Wildman–Crippen LogP) is 2.52. The second-order valence-electron chi connectivity index (χ2n) is 7.66. The number of guanidine groups is 1. The fourth-order valence-electron chi connectivity index (χ4n) is 3.10. The first-order valence-electron chi connectivity index (χ1n) is 9.60. The summed E-state index contributed by atoms with van der Waals surface area (Å²) in [7, 11) is 0.416. The Morgan fingerprint density at radius 1 is 1.24 bits per heavy atom. The summed E-state index contributed by atoms with van der Waals surface area (Å²) in [4.78, 5) is 4.25. The number of hydrogen-bond acceptors (Lipinski definition) is 5. The molecule has 1 saturated carbocycles. The molecule has 0 aromatic heterocycles. The van der Waals surface area contributed by atoms with Gasteiger partial charge in [0.15, 0.2) is 5.96 Å². The lowest BCUT2D eigenvalue weighted by Crippen LogP contribution is -2.41. The Hall–Kier alpha value is -1.07. The molecular formula is C20H34IN3O4S. The van der Waals surface area contributed by atoms with Crippen molar-refractivity contribution in [3.05, 3.63) is 29.3 Å². The number of halogens is 1. The Bertz CT molecular complexity index is 780. The largest absolute Gasteiger partial charge is 0.493 e. The Kier molecular flexibility index (Phi) is 10.7. The molecule has 0 amide bonds. The first-order valence-corrected chi connectivity index (χ1v) is 11.7. The molecule has 166 valence electrons. The van der Waals surface area contributed by atoms with Crippen molar-refractivity contribution >= 4 is 39.8 Å². The number of nitrogens with zero attached hydrogens (tertiary/aromatic N) is 1. The lowest BCUT2D eigenvalue weighted by molar-refractivity contribution is 0.171. The third-order valence-corrected chi connectivity index (χ3v) is 5.94. The van der Waals surface area contributed by atoms with Gasteiger partial charge >= 0.3 is 0 Å². The molecule has 0 unspecified atom stereocenters. The Labute approximate surface area is 192 Å². The zero-order valence-corrected chi connectivity index (χ0v) is 20.9. The van der Waals surface area contributed by atoms with Crippen LogP contribution in [-0.4, -0.2) is 60.3 Å². The number of hydrogen-bond donors (Lipinski definition) is 2. The number of aryl methyl sites for hydroxylation is 1. The topological polar surface area (TPSA) is 89.0 Å². The van der Waals surface area contributed by atoms with Crippen LogP contribution >= 0.6 is 24.0 Å². The molecular weight excluding hydrogens is 505 g/mol. The molecule has 0 saturated heterocycles. The lowest BCUT2D eigenvalue weighted by atomic mass is 10.1. The molecule has 0 aliphatic heterocycles. The highest BCUT2D eigenvalue weighted by molar-refractivity contribution is 14.0. The quantitative estimate of drug-likeness (QED) is 0.195. The predicted molar refractivity (Wildman–Crippen MR) is 128 cm³/mol. The van der Waals surface area contributed by atoms with Gasteiger partial charge in [-0.05, 0) is 31.4 Å². The van der Waals surface area contributed by atoms with E-state index in [2.05, 4.69) is 21.7 Å². The summed E-state index contributed by atoms with van der Waals surface area (Å²) in [6, 6.07) is 6.14. The molecule has 0 spiro atoms. The number of nitrogens with one attached hydrogen (secondary N) is 2. The van der Waals surface area contributed by atoms with Crippen LogP contribution < -0.4 is 15.4 Å². The van der Waals surface area contributed by atoms with Gasteiger partial charge in [-0.1, -0.05) is 12.1 Å². The molecule has 2 N–H and O–H groups in total. The summed E-state index contributed by atoms with van der Waals surface area (Å²) in [6.07, 6.45) is 4.00. The lowest BCUT2D eigenvalue weighted by Gasteiger charge is -2.19. The van der Waals surface area contributed by atoms with E-state index in [1.807, 2.05) is 19.1 Å². The van der Waals surface area contributed by atoms with E-state index in [0.29, 0.717) is 32.3 Å². The van der Waals surface area contributed by atoms with Crippen LogP contribution in [0.1, 0.15) is 30.4 Å². The summed E-state index contributed by atoms with van der Waals surface area (Å²) >= 11 is 0. The van der Waals surface area contributed by atoms with Crippen LogP contribution in [0.15, 0.2) is 23.2 Å². The minimum absolute atomic E-state index is 0.